The number of fused-ring (bicyclic) bond motifs is 2. The molecule has 2 aromatic carbocycles. The number of benzene rings is 2. The van der Waals surface area contributed by atoms with Gasteiger partial charge in [-0.3, -0.25) is 0 Å². The van der Waals surface area contributed by atoms with Gasteiger partial charge in [0.1, 0.15) is 0 Å². The van der Waals surface area contributed by atoms with Gasteiger partial charge in [0, 0.05) is 0 Å². The van der Waals surface area contributed by atoms with E-state index >= 15 is 0 Å². The molecule has 0 heterocycles. The zero-order valence-electron chi connectivity index (χ0n) is 17.4. The SMILES string of the molecule is CCC1=Cc2ccccc2[CH]1[Hf]([CH3])([CH3])(=[GeH2])[CH]1C(CC)=Cc2ccccc21.Cl.Cl. The van der Waals surface area contributed by atoms with Gasteiger partial charge in [0.2, 0.25) is 0 Å². The Labute approximate surface area is 188 Å². The van der Waals surface area contributed by atoms with Crippen LogP contribution in [0.3, 0.4) is 0 Å². The Morgan fingerprint density at radius 1 is 0.714 bits per heavy atom. The van der Waals surface area contributed by atoms with Crippen molar-refractivity contribution >= 4 is 49.2 Å². The molecular weight excluding hydrogens is 610 g/mol. The van der Waals surface area contributed by atoms with E-state index in [1.807, 2.05) is 0 Å². The molecule has 0 N–H and O–H groups in total. The third-order valence-electron chi connectivity index (χ3n) is 6.75. The first kappa shape index (κ1) is 24.2. The number of hydrogen-bond acceptors (Lipinski definition) is 0. The van der Waals surface area contributed by atoms with Gasteiger partial charge in [0.15, 0.2) is 0 Å². The predicted octanol–water partition coefficient (Wildman–Crippen LogP) is 7.26. The van der Waals surface area contributed by atoms with Gasteiger partial charge in [0.25, 0.3) is 0 Å². The standard InChI is InChI=1S/2C11H11.2CH3.2ClH.GeH2.Hf/c2*1-2-9-7-10-5-3-4-6-11(10)8-9;;;;;;/h2*3-8H,2H2,1H3;2*1H3;2*1H;1H2;. The molecular formula is C24H32Cl2GeHf. The minimum absolute atomic E-state index is 0. The Kier molecular flexibility index (Phi) is 7.40. The first-order valence-electron chi connectivity index (χ1n) is 10.0. The maximum atomic E-state index is 2.78. The fourth-order valence-corrected chi connectivity index (χ4v) is 43.6. The topological polar surface area (TPSA) is 0 Å². The van der Waals surface area contributed by atoms with E-state index in [1.165, 1.54) is 36.2 Å². The summed E-state index contributed by atoms with van der Waals surface area (Å²) in [6.45, 7) is 4.72. The van der Waals surface area contributed by atoms with Gasteiger partial charge in [-0.2, -0.15) is 0 Å². The van der Waals surface area contributed by atoms with E-state index in [-0.39, 0.29) is 24.8 Å². The molecule has 4 heteroatoms. The molecule has 0 radical (unpaired) electrons. The van der Waals surface area contributed by atoms with Crippen LogP contribution in [0.4, 0.5) is 0 Å². The van der Waals surface area contributed by atoms with Crippen molar-refractivity contribution in [2.24, 2.45) is 0 Å². The second-order valence-electron chi connectivity index (χ2n) is 9.21. The summed E-state index contributed by atoms with van der Waals surface area (Å²) in [5.74, 6) is 0. The fourth-order valence-electron chi connectivity index (χ4n) is 5.79. The van der Waals surface area contributed by atoms with E-state index in [4.69, 9.17) is 0 Å². The van der Waals surface area contributed by atoms with Crippen LogP contribution in [-0.4, -0.2) is 12.2 Å². The molecule has 2 aromatic rings. The maximum Gasteiger partial charge on any atom is -0.147 e. The van der Waals surface area contributed by atoms with Gasteiger partial charge in [-0.05, 0) is 0 Å². The van der Waals surface area contributed by atoms with Gasteiger partial charge in [-0.15, -0.1) is 24.8 Å². The molecule has 2 aliphatic carbocycles. The van der Waals surface area contributed by atoms with Gasteiger partial charge in [-0.25, -0.2) is 0 Å². The molecule has 2 aliphatic rings. The molecule has 0 bridgehead atoms. The molecule has 0 fully saturated rings. The molecule has 2 atom stereocenters. The first-order valence-corrected chi connectivity index (χ1v) is 36.0. The monoisotopic (exact) mass is 644 g/mol. The maximum absolute atomic E-state index is 3.26. The number of hydrogen-bond donors (Lipinski definition) is 0. The summed E-state index contributed by atoms with van der Waals surface area (Å²) in [6.07, 6.45) is 7.42. The smallest absolute Gasteiger partial charge is 0.147 e. The van der Waals surface area contributed by atoms with E-state index in [9.17, 15) is 0 Å². The zero-order valence-corrected chi connectivity index (χ0v) is 25.6. The van der Waals surface area contributed by atoms with Crippen molar-refractivity contribution in [1.82, 2.24) is 0 Å². The second kappa shape index (κ2) is 8.57. The van der Waals surface area contributed by atoms with E-state index in [0.29, 0.717) is 0 Å². The van der Waals surface area contributed by atoms with Crippen LogP contribution in [0, 0.1) is 0 Å². The summed E-state index contributed by atoms with van der Waals surface area (Å²) in [5, 5.41) is 0. The van der Waals surface area contributed by atoms with Crippen LogP contribution in [-0.2, 0) is 15.4 Å². The van der Waals surface area contributed by atoms with Gasteiger partial charge in [0.05, 0.1) is 0 Å². The van der Waals surface area contributed by atoms with E-state index in [1.54, 1.807) is 22.3 Å². The van der Waals surface area contributed by atoms with Gasteiger partial charge in [-0.1, -0.05) is 0 Å². The minimum Gasteiger partial charge on any atom is -0.147 e. The Balaban J connectivity index is 0.00000140. The molecule has 0 aliphatic heterocycles. The number of halogens is 2. The Morgan fingerprint density at radius 2 is 1.07 bits per heavy atom. The van der Waals surface area contributed by atoms with Crippen molar-refractivity contribution in [2.45, 2.75) is 43.4 Å². The largest absolute Gasteiger partial charge is 0.147 e. The quantitative estimate of drug-likeness (QED) is 0.308. The van der Waals surface area contributed by atoms with Gasteiger partial charge < -0.3 is 0 Å². The van der Waals surface area contributed by atoms with Crippen LogP contribution >= 0.6 is 24.8 Å². The summed E-state index contributed by atoms with van der Waals surface area (Å²) in [6, 6.07) is 18.4. The first-order chi connectivity index (χ1) is 12.4. The number of rotatable bonds is 4. The van der Waals surface area contributed by atoms with Crippen molar-refractivity contribution < 1.29 is 15.4 Å². The zero-order chi connectivity index (χ0) is 18.6. The summed E-state index contributed by atoms with van der Waals surface area (Å²) in [5.41, 5.74) is 9.66. The molecule has 0 saturated carbocycles. The van der Waals surface area contributed by atoms with Crippen molar-refractivity contribution in [1.29, 1.82) is 0 Å². The summed E-state index contributed by atoms with van der Waals surface area (Å²) in [7, 11) is 0. The van der Waals surface area contributed by atoms with Crippen molar-refractivity contribution in [3.05, 3.63) is 81.9 Å². The van der Waals surface area contributed by atoms with Crippen LogP contribution in [0.25, 0.3) is 12.2 Å². The van der Waals surface area contributed by atoms with E-state index in [2.05, 4.69) is 83.9 Å². The average Bonchev–Trinajstić information content (AvgIpc) is 3.20. The third-order valence-corrected chi connectivity index (χ3v) is 39.3. The van der Waals surface area contributed by atoms with Crippen LogP contribution < -0.4 is 0 Å². The fraction of sp³-hybridized carbons (Fsp3) is 0.333. The Morgan fingerprint density at radius 3 is 1.43 bits per heavy atom. The molecule has 0 aromatic heterocycles. The van der Waals surface area contributed by atoms with Crippen LogP contribution in [0.2, 0.25) is 9.36 Å². The molecule has 2 unspecified atom stereocenters. The Bertz CT molecular complexity index is 937. The molecule has 0 saturated heterocycles. The average molecular weight is 643 g/mol. The third kappa shape index (κ3) is 3.70. The van der Waals surface area contributed by atoms with Crippen molar-refractivity contribution in [2.75, 3.05) is 0 Å². The summed E-state index contributed by atoms with van der Waals surface area (Å²) >= 11 is -1.77. The van der Waals surface area contributed by atoms with Crippen molar-refractivity contribution in [3.8, 4) is 0 Å². The second-order valence-corrected chi connectivity index (χ2v) is 72.8. The number of allylic oxidation sites excluding steroid dienone is 2. The minimum atomic E-state index is -3.26. The van der Waals surface area contributed by atoms with Crippen molar-refractivity contribution in [3.63, 3.8) is 0 Å². The molecule has 4 rings (SSSR count). The molecule has 150 valence electrons. The molecule has 0 spiro atoms. The van der Waals surface area contributed by atoms with E-state index in [0.717, 1.165) is 7.35 Å². The van der Waals surface area contributed by atoms with Crippen LogP contribution in [0.5, 0.6) is 0 Å². The van der Waals surface area contributed by atoms with Gasteiger partial charge >= 0.3 is 165 Å². The summed E-state index contributed by atoms with van der Waals surface area (Å²) in [4.78, 5) is 0. The molecule has 28 heavy (non-hydrogen) atoms. The predicted molar refractivity (Wildman–Crippen MR) is 130 cm³/mol. The normalized spacial score (nSPS) is 20.3. The van der Waals surface area contributed by atoms with Crippen LogP contribution in [0.15, 0.2) is 59.7 Å². The summed E-state index contributed by atoms with van der Waals surface area (Å²) < 4.78 is 7.01. The Hall–Kier alpha value is -0.0870. The molecule has 0 amide bonds. The molecule has 0 nitrogen and oxygen atoms in total. The van der Waals surface area contributed by atoms with Crippen LogP contribution in [0.1, 0.15) is 56.3 Å². The van der Waals surface area contributed by atoms with E-state index < -0.39 is 15.4 Å².